The van der Waals surface area contributed by atoms with E-state index in [2.05, 4.69) is 37.7 Å². The van der Waals surface area contributed by atoms with Crippen LogP contribution in [0, 0.1) is 0 Å². The molecule has 0 aliphatic carbocycles. The van der Waals surface area contributed by atoms with E-state index in [4.69, 9.17) is 5.10 Å². The van der Waals surface area contributed by atoms with Crippen molar-refractivity contribution in [3.63, 3.8) is 0 Å². The summed E-state index contributed by atoms with van der Waals surface area (Å²) in [6.07, 6.45) is 2.39. The minimum atomic E-state index is 0.472. The van der Waals surface area contributed by atoms with Crippen LogP contribution in [0.4, 0.5) is 0 Å². The SMILES string of the molecule is CC(C)c1nn(C(C)C)c2c1CNCCC2. The monoisotopic (exact) mass is 221 g/mol. The predicted octanol–water partition coefficient (Wildman–Crippen LogP) is 2.62. The third-order valence-corrected chi connectivity index (χ3v) is 3.25. The molecular formula is C13H23N3. The Hall–Kier alpha value is -0.830. The molecule has 1 aromatic heterocycles. The number of fused-ring (bicyclic) bond motifs is 1. The molecule has 90 valence electrons. The molecule has 0 bridgehead atoms. The van der Waals surface area contributed by atoms with Crippen molar-refractivity contribution in [3.8, 4) is 0 Å². The maximum Gasteiger partial charge on any atom is 0.0697 e. The van der Waals surface area contributed by atoms with Gasteiger partial charge in [-0.1, -0.05) is 13.8 Å². The first kappa shape index (κ1) is 11.6. The second kappa shape index (κ2) is 4.58. The second-order valence-electron chi connectivity index (χ2n) is 5.28. The molecule has 1 aliphatic heterocycles. The Morgan fingerprint density at radius 3 is 2.62 bits per heavy atom. The minimum absolute atomic E-state index is 0.472. The Morgan fingerprint density at radius 2 is 2.00 bits per heavy atom. The molecule has 0 amide bonds. The van der Waals surface area contributed by atoms with Gasteiger partial charge in [-0.25, -0.2) is 0 Å². The van der Waals surface area contributed by atoms with Crippen molar-refractivity contribution in [2.24, 2.45) is 0 Å². The van der Waals surface area contributed by atoms with E-state index in [1.165, 1.54) is 29.8 Å². The quantitative estimate of drug-likeness (QED) is 0.832. The summed E-state index contributed by atoms with van der Waals surface area (Å²) in [6.45, 7) is 11.0. The molecule has 0 aromatic carbocycles. The van der Waals surface area contributed by atoms with Gasteiger partial charge < -0.3 is 5.32 Å². The fraction of sp³-hybridized carbons (Fsp3) is 0.769. The van der Waals surface area contributed by atoms with Gasteiger partial charge in [-0.3, -0.25) is 4.68 Å². The van der Waals surface area contributed by atoms with Gasteiger partial charge >= 0.3 is 0 Å². The van der Waals surface area contributed by atoms with E-state index in [1.807, 2.05) is 0 Å². The van der Waals surface area contributed by atoms with E-state index in [1.54, 1.807) is 0 Å². The summed E-state index contributed by atoms with van der Waals surface area (Å²) in [5.74, 6) is 0.522. The fourth-order valence-corrected chi connectivity index (χ4v) is 2.47. The maximum atomic E-state index is 4.81. The van der Waals surface area contributed by atoms with Crippen molar-refractivity contribution in [2.75, 3.05) is 6.54 Å². The lowest BCUT2D eigenvalue weighted by Gasteiger charge is -2.10. The molecule has 0 atom stereocenters. The van der Waals surface area contributed by atoms with Gasteiger partial charge in [0.1, 0.15) is 0 Å². The summed E-state index contributed by atoms with van der Waals surface area (Å²) in [5.41, 5.74) is 4.21. The standard InChI is InChI=1S/C13H23N3/c1-9(2)13-11-8-14-7-5-6-12(11)16(15-13)10(3)4/h9-10,14H,5-8H2,1-4H3. The van der Waals surface area contributed by atoms with E-state index in [-0.39, 0.29) is 0 Å². The summed E-state index contributed by atoms with van der Waals surface area (Å²) in [5, 5.41) is 8.31. The van der Waals surface area contributed by atoms with Crippen molar-refractivity contribution in [2.45, 2.75) is 59.0 Å². The van der Waals surface area contributed by atoms with Crippen LogP contribution >= 0.6 is 0 Å². The van der Waals surface area contributed by atoms with Gasteiger partial charge in [-0.05, 0) is 39.2 Å². The lowest BCUT2D eigenvalue weighted by molar-refractivity contribution is 0.498. The van der Waals surface area contributed by atoms with Gasteiger partial charge in [-0.15, -0.1) is 0 Å². The first-order valence-corrected chi connectivity index (χ1v) is 6.42. The van der Waals surface area contributed by atoms with Crippen molar-refractivity contribution in [1.82, 2.24) is 15.1 Å². The number of hydrogen-bond acceptors (Lipinski definition) is 2. The van der Waals surface area contributed by atoms with Gasteiger partial charge in [0, 0.05) is 23.8 Å². The fourth-order valence-electron chi connectivity index (χ4n) is 2.47. The molecule has 16 heavy (non-hydrogen) atoms. The molecule has 0 unspecified atom stereocenters. The van der Waals surface area contributed by atoms with E-state index in [0.29, 0.717) is 12.0 Å². The van der Waals surface area contributed by atoms with Gasteiger partial charge in [-0.2, -0.15) is 5.10 Å². The number of rotatable bonds is 2. The average molecular weight is 221 g/mol. The summed E-state index contributed by atoms with van der Waals surface area (Å²) >= 11 is 0. The number of nitrogens with one attached hydrogen (secondary N) is 1. The molecule has 3 nitrogen and oxygen atoms in total. The molecule has 1 aliphatic rings. The van der Waals surface area contributed by atoms with E-state index >= 15 is 0 Å². The number of aromatic nitrogens is 2. The molecule has 2 heterocycles. The van der Waals surface area contributed by atoms with Gasteiger partial charge in [0.25, 0.3) is 0 Å². The van der Waals surface area contributed by atoms with Crippen LogP contribution < -0.4 is 5.32 Å². The number of hydrogen-bond donors (Lipinski definition) is 1. The smallest absolute Gasteiger partial charge is 0.0697 e. The summed E-state index contributed by atoms with van der Waals surface area (Å²) in [4.78, 5) is 0. The van der Waals surface area contributed by atoms with E-state index in [9.17, 15) is 0 Å². The Morgan fingerprint density at radius 1 is 1.25 bits per heavy atom. The molecule has 0 spiro atoms. The van der Waals surface area contributed by atoms with Crippen LogP contribution in [-0.2, 0) is 13.0 Å². The third kappa shape index (κ3) is 2.01. The molecule has 0 saturated carbocycles. The van der Waals surface area contributed by atoms with Crippen LogP contribution in [0.1, 0.15) is 63.0 Å². The van der Waals surface area contributed by atoms with E-state index in [0.717, 1.165) is 13.1 Å². The van der Waals surface area contributed by atoms with Gasteiger partial charge in [0.2, 0.25) is 0 Å². The lowest BCUT2D eigenvalue weighted by Crippen LogP contribution is -2.13. The van der Waals surface area contributed by atoms with Crippen LogP contribution in [0.3, 0.4) is 0 Å². The highest BCUT2D eigenvalue weighted by Gasteiger charge is 2.21. The average Bonchev–Trinajstić information content (AvgIpc) is 2.41. The van der Waals surface area contributed by atoms with Crippen LogP contribution in [0.25, 0.3) is 0 Å². The normalized spacial score (nSPS) is 16.6. The first-order valence-electron chi connectivity index (χ1n) is 6.42. The molecule has 0 radical (unpaired) electrons. The Bertz CT molecular complexity index is 331. The number of nitrogens with zero attached hydrogens (tertiary/aromatic N) is 2. The second-order valence-corrected chi connectivity index (χ2v) is 5.28. The molecule has 0 saturated heterocycles. The Labute approximate surface area is 98.2 Å². The largest absolute Gasteiger partial charge is 0.313 e. The minimum Gasteiger partial charge on any atom is -0.313 e. The van der Waals surface area contributed by atoms with Crippen LogP contribution in [0.5, 0.6) is 0 Å². The Balaban J connectivity index is 2.48. The third-order valence-electron chi connectivity index (χ3n) is 3.25. The highest BCUT2D eigenvalue weighted by molar-refractivity contribution is 5.30. The van der Waals surface area contributed by atoms with Crippen molar-refractivity contribution in [3.05, 3.63) is 17.0 Å². The highest BCUT2D eigenvalue weighted by Crippen LogP contribution is 2.26. The molecular weight excluding hydrogens is 198 g/mol. The van der Waals surface area contributed by atoms with Crippen LogP contribution in [-0.4, -0.2) is 16.3 Å². The zero-order chi connectivity index (χ0) is 11.7. The topological polar surface area (TPSA) is 29.9 Å². The van der Waals surface area contributed by atoms with Crippen molar-refractivity contribution < 1.29 is 0 Å². The van der Waals surface area contributed by atoms with Crippen molar-refractivity contribution in [1.29, 1.82) is 0 Å². The van der Waals surface area contributed by atoms with Crippen LogP contribution in [0.15, 0.2) is 0 Å². The zero-order valence-electron chi connectivity index (χ0n) is 10.9. The maximum absolute atomic E-state index is 4.81. The van der Waals surface area contributed by atoms with Crippen molar-refractivity contribution >= 4 is 0 Å². The highest BCUT2D eigenvalue weighted by atomic mass is 15.3. The molecule has 0 fully saturated rings. The molecule has 2 rings (SSSR count). The summed E-state index contributed by atoms with van der Waals surface area (Å²) < 4.78 is 2.23. The molecule has 1 N–H and O–H groups in total. The van der Waals surface area contributed by atoms with Gasteiger partial charge in [0.15, 0.2) is 0 Å². The zero-order valence-corrected chi connectivity index (χ0v) is 10.9. The van der Waals surface area contributed by atoms with Gasteiger partial charge in [0.05, 0.1) is 5.69 Å². The Kier molecular flexibility index (Phi) is 3.33. The predicted molar refractivity (Wildman–Crippen MR) is 66.7 cm³/mol. The lowest BCUT2D eigenvalue weighted by atomic mass is 10.0. The first-order chi connectivity index (χ1) is 7.61. The molecule has 3 heteroatoms. The van der Waals surface area contributed by atoms with Crippen LogP contribution in [0.2, 0.25) is 0 Å². The summed E-state index contributed by atoms with van der Waals surface area (Å²) in [6, 6.07) is 0.472. The van der Waals surface area contributed by atoms with E-state index < -0.39 is 0 Å². The summed E-state index contributed by atoms with van der Waals surface area (Å²) in [7, 11) is 0. The molecule has 1 aromatic rings.